The molecule has 0 saturated heterocycles. The van der Waals surface area contributed by atoms with Crippen LogP contribution in [0.2, 0.25) is 0 Å². The van der Waals surface area contributed by atoms with E-state index in [-0.39, 0.29) is 11.8 Å². The fourth-order valence-electron chi connectivity index (χ4n) is 3.33. The first-order chi connectivity index (χ1) is 12.8. The van der Waals surface area contributed by atoms with Gasteiger partial charge >= 0.3 is 5.97 Å². The van der Waals surface area contributed by atoms with Gasteiger partial charge in [0.15, 0.2) is 0 Å². The van der Waals surface area contributed by atoms with Gasteiger partial charge in [0.25, 0.3) is 0 Å². The molecular weight excluding hydrogens is 344 g/mol. The highest BCUT2D eigenvalue weighted by molar-refractivity contribution is 5.83. The minimum Gasteiger partial charge on any atom is -0.480 e. The highest BCUT2D eigenvalue weighted by Crippen LogP contribution is 2.17. The summed E-state index contributed by atoms with van der Waals surface area (Å²) in [5.41, 5.74) is 1.98. The Hall–Kier alpha value is -2.44. The van der Waals surface area contributed by atoms with Crippen molar-refractivity contribution in [2.75, 3.05) is 7.05 Å². The van der Waals surface area contributed by atoms with Gasteiger partial charge in [-0.15, -0.1) is 0 Å². The lowest BCUT2D eigenvalue weighted by Gasteiger charge is -2.26. The van der Waals surface area contributed by atoms with Crippen LogP contribution >= 0.6 is 0 Å². The van der Waals surface area contributed by atoms with Gasteiger partial charge in [-0.3, -0.25) is 9.78 Å². The van der Waals surface area contributed by atoms with Gasteiger partial charge in [0, 0.05) is 26.2 Å². The quantitative estimate of drug-likeness (QED) is 0.645. The standard InChI is InChI=1S/C20H30N4O3/c1-14(2)12-18(20(26)27)23(4)19(25)8-6-5-7-11-24-15(3)22-16-13-21-10-9-17(16)24/h9-10,13-14,18H,5-8,11-12H2,1-4H3,(H,26,27)/t18-/m1/s1. The lowest BCUT2D eigenvalue weighted by atomic mass is 10.0. The third-order valence-corrected chi connectivity index (χ3v) is 4.85. The molecule has 2 aromatic rings. The molecule has 1 amide bonds. The van der Waals surface area contributed by atoms with Crippen LogP contribution in [0, 0.1) is 12.8 Å². The molecule has 27 heavy (non-hydrogen) atoms. The number of aromatic nitrogens is 3. The largest absolute Gasteiger partial charge is 0.480 e. The highest BCUT2D eigenvalue weighted by Gasteiger charge is 2.26. The predicted octanol–water partition coefficient (Wildman–Crippen LogP) is 3.26. The van der Waals surface area contributed by atoms with Crippen molar-refractivity contribution in [2.24, 2.45) is 5.92 Å². The number of imidazole rings is 1. The lowest BCUT2D eigenvalue weighted by molar-refractivity contribution is -0.149. The Morgan fingerprint density at radius 2 is 2.00 bits per heavy atom. The van der Waals surface area contributed by atoms with Crippen LogP contribution in [0.15, 0.2) is 18.5 Å². The van der Waals surface area contributed by atoms with E-state index in [2.05, 4.69) is 14.5 Å². The van der Waals surface area contributed by atoms with E-state index in [1.807, 2.05) is 26.8 Å². The molecule has 0 aromatic carbocycles. The van der Waals surface area contributed by atoms with E-state index >= 15 is 0 Å². The molecule has 148 valence electrons. The number of aliphatic carboxylic acids is 1. The number of fused-ring (bicyclic) bond motifs is 1. The molecule has 0 saturated carbocycles. The predicted molar refractivity (Wildman–Crippen MR) is 104 cm³/mol. The lowest BCUT2D eigenvalue weighted by Crippen LogP contribution is -2.43. The summed E-state index contributed by atoms with van der Waals surface area (Å²) in [4.78, 5) is 33.7. The zero-order valence-corrected chi connectivity index (χ0v) is 16.7. The van der Waals surface area contributed by atoms with E-state index in [9.17, 15) is 14.7 Å². The fraction of sp³-hybridized carbons (Fsp3) is 0.600. The van der Waals surface area contributed by atoms with Crippen molar-refractivity contribution < 1.29 is 14.7 Å². The number of pyridine rings is 1. The molecule has 0 bridgehead atoms. The summed E-state index contributed by atoms with van der Waals surface area (Å²) in [7, 11) is 1.60. The first-order valence-electron chi connectivity index (χ1n) is 9.56. The third-order valence-electron chi connectivity index (χ3n) is 4.85. The van der Waals surface area contributed by atoms with Gasteiger partial charge in [0.2, 0.25) is 5.91 Å². The van der Waals surface area contributed by atoms with Gasteiger partial charge in [0.1, 0.15) is 17.4 Å². The number of carbonyl (C=O) groups excluding carboxylic acids is 1. The van der Waals surface area contributed by atoms with Gasteiger partial charge in [-0.05, 0) is 38.2 Å². The van der Waals surface area contributed by atoms with Crippen LogP contribution in [0.4, 0.5) is 0 Å². The van der Waals surface area contributed by atoms with Crippen molar-refractivity contribution in [1.82, 2.24) is 19.4 Å². The normalized spacial score (nSPS) is 12.5. The van der Waals surface area contributed by atoms with Crippen LogP contribution in [-0.4, -0.2) is 49.5 Å². The number of likely N-dealkylation sites (N-methyl/N-ethyl adjacent to an activating group) is 1. The molecule has 0 aliphatic carbocycles. The van der Waals surface area contributed by atoms with Crippen molar-refractivity contribution in [3.8, 4) is 0 Å². The summed E-state index contributed by atoms with van der Waals surface area (Å²) in [6, 6.07) is 1.22. The highest BCUT2D eigenvalue weighted by atomic mass is 16.4. The van der Waals surface area contributed by atoms with E-state index in [1.165, 1.54) is 4.90 Å². The van der Waals surface area contributed by atoms with Gasteiger partial charge in [-0.2, -0.15) is 0 Å². The number of hydrogen-bond donors (Lipinski definition) is 1. The van der Waals surface area contributed by atoms with Crippen LogP contribution in [0.25, 0.3) is 11.0 Å². The minimum atomic E-state index is -0.934. The number of aryl methyl sites for hydroxylation is 2. The number of nitrogens with zero attached hydrogens (tertiary/aromatic N) is 4. The van der Waals surface area contributed by atoms with Crippen LogP contribution in [-0.2, 0) is 16.1 Å². The molecule has 2 rings (SSSR count). The Labute approximate surface area is 160 Å². The number of rotatable bonds is 10. The average molecular weight is 374 g/mol. The molecule has 0 spiro atoms. The summed E-state index contributed by atoms with van der Waals surface area (Å²) in [6.07, 6.45) is 7.00. The average Bonchev–Trinajstić information content (AvgIpc) is 2.93. The van der Waals surface area contributed by atoms with Crippen molar-refractivity contribution in [2.45, 2.75) is 65.5 Å². The number of carboxylic acids is 1. The molecule has 0 radical (unpaired) electrons. The molecule has 0 unspecified atom stereocenters. The maximum absolute atomic E-state index is 12.3. The monoisotopic (exact) mass is 374 g/mol. The number of carboxylic acid groups (broad SMARTS) is 1. The Kier molecular flexibility index (Phi) is 7.33. The van der Waals surface area contributed by atoms with Crippen molar-refractivity contribution in [1.29, 1.82) is 0 Å². The number of amides is 1. The van der Waals surface area contributed by atoms with E-state index in [4.69, 9.17) is 0 Å². The van der Waals surface area contributed by atoms with E-state index in [0.29, 0.717) is 12.8 Å². The summed E-state index contributed by atoms with van der Waals surface area (Å²) in [5, 5.41) is 9.36. The molecule has 0 aliphatic rings. The Morgan fingerprint density at radius 3 is 2.67 bits per heavy atom. The number of unbranched alkanes of at least 4 members (excludes halogenated alkanes) is 2. The smallest absolute Gasteiger partial charge is 0.326 e. The summed E-state index contributed by atoms with van der Waals surface area (Å²) >= 11 is 0. The van der Waals surface area contributed by atoms with Gasteiger partial charge in [0.05, 0.1) is 11.7 Å². The van der Waals surface area contributed by atoms with Gasteiger partial charge in [-0.25, -0.2) is 9.78 Å². The molecule has 0 fully saturated rings. The Bertz CT molecular complexity index is 785. The molecule has 7 heteroatoms. The molecule has 7 nitrogen and oxygen atoms in total. The zero-order valence-electron chi connectivity index (χ0n) is 16.7. The first-order valence-corrected chi connectivity index (χ1v) is 9.56. The minimum absolute atomic E-state index is 0.0987. The van der Waals surface area contributed by atoms with E-state index < -0.39 is 12.0 Å². The second kappa shape index (κ2) is 9.48. The van der Waals surface area contributed by atoms with Crippen LogP contribution < -0.4 is 0 Å². The molecule has 2 aromatic heterocycles. The number of hydrogen-bond acceptors (Lipinski definition) is 4. The summed E-state index contributed by atoms with van der Waals surface area (Å²) in [5.74, 6) is 0.159. The maximum Gasteiger partial charge on any atom is 0.326 e. The molecule has 2 heterocycles. The summed E-state index contributed by atoms with van der Waals surface area (Å²) in [6.45, 7) is 6.76. The Balaban J connectivity index is 1.79. The first kappa shape index (κ1) is 20.9. The second-order valence-corrected chi connectivity index (χ2v) is 7.47. The SMILES string of the molecule is Cc1nc2cnccc2n1CCCCCC(=O)N(C)[C@H](CC(C)C)C(=O)O. The zero-order chi connectivity index (χ0) is 20.0. The van der Waals surface area contributed by atoms with Crippen LogP contribution in [0.5, 0.6) is 0 Å². The van der Waals surface area contributed by atoms with Crippen molar-refractivity contribution in [3.05, 3.63) is 24.3 Å². The summed E-state index contributed by atoms with van der Waals surface area (Å²) < 4.78 is 2.17. The third kappa shape index (κ3) is 5.52. The number of carbonyl (C=O) groups is 2. The topological polar surface area (TPSA) is 88.3 Å². The Morgan fingerprint density at radius 1 is 1.26 bits per heavy atom. The van der Waals surface area contributed by atoms with Crippen molar-refractivity contribution in [3.63, 3.8) is 0 Å². The fourth-order valence-corrected chi connectivity index (χ4v) is 3.33. The molecule has 1 N–H and O–H groups in total. The van der Waals surface area contributed by atoms with Gasteiger partial charge < -0.3 is 14.6 Å². The van der Waals surface area contributed by atoms with Crippen LogP contribution in [0.1, 0.15) is 51.8 Å². The van der Waals surface area contributed by atoms with Crippen molar-refractivity contribution >= 4 is 22.9 Å². The molecule has 1 atom stereocenters. The molecular formula is C20H30N4O3. The van der Waals surface area contributed by atoms with Crippen LogP contribution in [0.3, 0.4) is 0 Å². The van der Waals surface area contributed by atoms with E-state index in [1.54, 1.807) is 19.4 Å². The second-order valence-electron chi connectivity index (χ2n) is 7.47. The maximum atomic E-state index is 12.3. The van der Waals surface area contributed by atoms with E-state index in [0.717, 1.165) is 42.7 Å². The molecule has 0 aliphatic heterocycles. The van der Waals surface area contributed by atoms with Gasteiger partial charge in [-0.1, -0.05) is 20.3 Å².